The van der Waals surface area contributed by atoms with Gasteiger partial charge in [-0.1, -0.05) is 28.1 Å². The van der Waals surface area contributed by atoms with Crippen molar-refractivity contribution < 1.29 is 4.79 Å². The van der Waals surface area contributed by atoms with Gasteiger partial charge >= 0.3 is 0 Å². The summed E-state index contributed by atoms with van der Waals surface area (Å²) < 4.78 is 1.08. The maximum Gasteiger partial charge on any atom is 0.236 e. The fourth-order valence-electron chi connectivity index (χ4n) is 1.95. The van der Waals surface area contributed by atoms with Gasteiger partial charge in [0, 0.05) is 16.4 Å². The molecule has 18 heavy (non-hydrogen) atoms. The smallest absolute Gasteiger partial charge is 0.236 e. The highest BCUT2D eigenvalue weighted by Gasteiger charge is 2.44. The van der Waals surface area contributed by atoms with E-state index in [1.165, 1.54) is 5.56 Å². The van der Waals surface area contributed by atoms with E-state index in [2.05, 4.69) is 33.4 Å². The summed E-state index contributed by atoms with van der Waals surface area (Å²) >= 11 is 3.48. The Morgan fingerprint density at radius 1 is 1.56 bits per heavy atom. The third-order valence-electron chi connectivity index (χ3n) is 3.31. The van der Waals surface area contributed by atoms with Gasteiger partial charge in [0.1, 0.15) is 0 Å². The first-order valence-electron chi connectivity index (χ1n) is 5.83. The van der Waals surface area contributed by atoms with Crippen LogP contribution in [0.5, 0.6) is 0 Å². The number of benzene rings is 1. The van der Waals surface area contributed by atoms with Crippen LogP contribution in [0.3, 0.4) is 0 Å². The molecule has 1 fully saturated rings. The first kappa shape index (κ1) is 15.5. The molecule has 0 unspecified atom stereocenters. The SMILES string of the molecule is C[C@H](N)C(=O)NCC1(c2cccc(Br)c2)CC1.Cl. The monoisotopic (exact) mass is 332 g/mol. The van der Waals surface area contributed by atoms with Crippen LogP contribution in [-0.4, -0.2) is 18.5 Å². The lowest BCUT2D eigenvalue weighted by molar-refractivity contribution is -0.122. The van der Waals surface area contributed by atoms with Gasteiger partial charge in [-0.25, -0.2) is 0 Å². The minimum absolute atomic E-state index is 0. The Morgan fingerprint density at radius 3 is 2.72 bits per heavy atom. The van der Waals surface area contributed by atoms with Gasteiger partial charge in [0.2, 0.25) is 5.91 Å². The fraction of sp³-hybridized carbons (Fsp3) is 0.462. The van der Waals surface area contributed by atoms with Crippen LogP contribution < -0.4 is 11.1 Å². The number of carbonyl (C=O) groups excluding carboxylic acids is 1. The molecule has 100 valence electrons. The number of amides is 1. The summed E-state index contributed by atoms with van der Waals surface area (Å²) in [5.74, 6) is -0.0775. The Hall–Kier alpha value is -0.580. The Balaban J connectivity index is 0.00000162. The van der Waals surface area contributed by atoms with Crippen LogP contribution in [0.15, 0.2) is 28.7 Å². The van der Waals surface area contributed by atoms with E-state index in [9.17, 15) is 4.79 Å². The second-order valence-corrected chi connectivity index (χ2v) is 5.71. The topological polar surface area (TPSA) is 55.1 Å². The van der Waals surface area contributed by atoms with Gasteiger partial charge in [0.25, 0.3) is 0 Å². The normalized spacial score (nSPS) is 17.5. The van der Waals surface area contributed by atoms with Crippen LogP contribution in [0, 0.1) is 0 Å². The lowest BCUT2D eigenvalue weighted by Crippen LogP contribution is -2.41. The third kappa shape index (κ3) is 3.46. The lowest BCUT2D eigenvalue weighted by Gasteiger charge is -2.17. The summed E-state index contributed by atoms with van der Waals surface area (Å²) in [7, 11) is 0. The predicted octanol–water partition coefficient (Wildman–Crippen LogP) is 2.37. The number of nitrogens with one attached hydrogen (secondary N) is 1. The van der Waals surface area contributed by atoms with Crippen molar-refractivity contribution in [1.29, 1.82) is 0 Å². The minimum Gasteiger partial charge on any atom is -0.354 e. The molecule has 1 aliphatic carbocycles. The largest absolute Gasteiger partial charge is 0.354 e. The van der Waals surface area contributed by atoms with Crippen LogP contribution in [0.1, 0.15) is 25.3 Å². The lowest BCUT2D eigenvalue weighted by atomic mass is 9.96. The van der Waals surface area contributed by atoms with Crippen LogP contribution in [0.4, 0.5) is 0 Å². The minimum atomic E-state index is -0.437. The molecule has 3 nitrogen and oxygen atoms in total. The van der Waals surface area contributed by atoms with Gasteiger partial charge in [-0.3, -0.25) is 4.79 Å². The Bertz CT molecular complexity index is 433. The molecule has 0 radical (unpaired) electrons. The molecule has 1 atom stereocenters. The van der Waals surface area contributed by atoms with Crippen molar-refractivity contribution in [3.8, 4) is 0 Å². The van der Waals surface area contributed by atoms with Crippen molar-refractivity contribution in [2.45, 2.75) is 31.2 Å². The number of carbonyl (C=O) groups is 1. The van der Waals surface area contributed by atoms with Crippen LogP contribution >= 0.6 is 28.3 Å². The number of nitrogens with two attached hydrogens (primary N) is 1. The summed E-state index contributed by atoms with van der Waals surface area (Å²) in [4.78, 5) is 11.5. The molecule has 1 aromatic carbocycles. The van der Waals surface area contributed by atoms with Crippen molar-refractivity contribution in [2.75, 3.05) is 6.54 Å². The molecular weight excluding hydrogens is 316 g/mol. The van der Waals surface area contributed by atoms with Crippen LogP contribution in [0.2, 0.25) is 0 Å². The summed E-state index contributed by atoms with van der Waals surface area (Å²) in [6.45, 7) is 2.39. The maximum atomic E-state index is 11.5. The van der Waals surface area contributed by atoms with E-state index in [-0.39, 0.29) is 23.7 Å². The van der Waals surface area contributed by atoms with Gasteiger partial charge in [-0.2, -0.15) is 0 Å². The molecule has 1 saturated carbocycles. The second-order valence-electron chi connectivity index (χ2n) is 4.80. The molecule has 0 aromatic heterocycles. The first-order valence-corrected chi connectivity index (χ1v) is 6.62. The molecule has 0 heterocycles. The molecular formula is C13H18BrClN2O. The summed E-state index contributed by atoms with van der Waals surface area (Å²) in [6, 6.07) is 7.86. The highest BCUT2D eigenvalue weighted by atomic mass is 79.9. The first-order chi connectivity index (χ1) is 8.03. The molecule has 5 heteroatoms. The number of halogens is 2. The summed E-state index contributed by atoms with van der Waals surface area (Å²) in [6.07, 6.45) is 2.26. The third-order valence-corrected chi connectivity index (χ3v) is 3.80. The van der Waals surface area contributed by atoms with Crippen molar-refractivity contribution in [3.05, 3.63) is 34.3 Å². The zero-order valence-corrected chi connectivity index (χ0v) is 12.7. The molecule has 1 aliphatic rings. The second kappa shape index (κ2) is 6.04. The Morgan fingerprint density at radius 2 is 2.22 bits per heavy atom. The van der Waals surface area contributed by atoms with E-state index in [1.54, 1.807) is 6.92 Å². The predicted molar refractivity (Wildman–Crippen MR) is 79.0 cm³/mol. The van der Waals surface area contributed by atoms with Gasteiger partial charge in [-0.15, -0.1) is 12.4 Å². The molecule has 0 spiro atoms. The van der Waals surface area contributed by atoms with Gasteiger partial charge in [0.05, 0.1) is 6.04 Å². The van der Waals surface area contributed by atoms with Crippen molar-refractivity contribution in [1.82, 2.24) is 5.32 Å². The molecule has 0 bridgehead atoms. The Labute approximate surface area is 122 Å². The van der Waals surface area contributed by atoms with E-state index >= 15 is 0 Å². The van der Waals surface area contributed by atoms with Gasteiger partial charge in [0.15, 0.2) is 0 Å². The van der Waals surface area contributed by atoms with E-state index in [4.69, 9.17) is 5.73 Å². The van der Waals surface area contributed by atoms with Gasteiger partial charge in [-0.05, 0) is 37.5 Å². The fourth-order valence-corrected chi connectivity index (χ4v) is 2.35. The van der Waals surface area contributed by atoms with E-state index < -0.39 is 6.04 Å². The maximum absolute atomic E-state index is 11.5. The average molecular weight is 334 g/mol. The number of rotatable bonds is 4. The number of hydrogen-bond donors (Lipinski definition) is 2. The van der Waals surface area contributed by atoms with Crippen molar-refractivity contribution in [2.24, 2.45) is 5.73 Å². The summed E-state index contributed by atoms with van der Waals surface area (Å²) in [5.41, 5.74) is 6.95. The molecule has 0 saturated heterocycles. The highest BCUT2D eigenvalue weighted by Crippen LogP contribution is 2.48. The molecule has 1 aromatic rings. The van der Waals surface area contributed by atoms with Crippen molar-refractivity contribution in [3.63, 3.8) is 0 Å². The van der Waals surface area contributed by atoms with Crippen LogP contribution in [0.25, 0.3) is 0 Å². The zero-order valence-electron chi connectivity index (χ0n) is 10.3. The standard InChI is InChI=1S/C13H17BrN2O.ClH/c1-9(15)12(17)16-8-13(5-6-13)10-3-2-4-11(14)7-10;/h2-4,7,9H,5-6,8,15H2,1H3,(H,16,17);1H/t9-;/m0./s1. The number of hydrogen-bond acceptors (Lipinski definition) is 2. The zero-order chi connectivity index (χ0) is 12.5. The molecule has 2 rings (SSSR count). The quantitative estimate of drug-likeness (QED) is 0.889. The average Bonchev–Trinajstić information content (AvgIpc) is 3.07. The van der Waals surface area contributed by atoms with E-state index in [1.807, 2.05) is 12.1 Å². The van der Waals surface area contributed by atoms with Gasteiger partial charge < -0.3 is 11.1 Å². The molecule has 1 amide bonds. The van der Waals surface area contributed by atoms with E-state index in [0.29, 0.717) is 6.54 Å². The van der Waals surface area contributed by atoms with Crippen LogP contribution in [-0.2, 0) is 10.2 Å². The highest BCUT2D eigenvalue weighted by molar-refractivity contribution is 9.10. The van der Waals surface area contributed by atoms with E-state index in [0.717, 1.165) is 17.3 Å². The molecule has 0 aliphatic heterocycles. The summed E-state index contributed by atoms with van der Waals surface area (Å²) in [5, 5.41) is 2.92. The van der Waals surface area contributed by atoms with Crippen molar-refractivity contribution >= 4 is 34.2 Å². The Kier molecular flexibility index (Phi) is 5.20. The molecule has 3 N–H and O–H groups in total.